The van der Waals surface area contributed by atoms with Gasteiger partial charge < -0.3 is 4.74 Å². The van der Waals surface area contributed by atoms with Gasteiger partial charge in [0.2, 0.25) is 0 Å². The number of carbonyl (C=O) groups excluding carboxylic acids is 1. The van der Waals surface area contributed by atoms with E-state index in [1.54, 1.807) is 6.07 Å². The highest BCUT2D eigenvalue weighted by Crippen LogP contribution is 2.26. The lowest BCUT2D eigenvalue weighted by Gasteiger charge is -1.99. The number of esters is 1. The molecule has 1 aromatic carbocycles. The van der Waals surface area contributed by atoms with Gasteiger partial charge in [0, 0.05) is 6.07 Å². The Kier molecular flexibility index (Phi) is 4.40. The molecule has 92 valence electrons. The molecule has 1 aromatic rings. The van der Waals surface area contributed by atoms with Crippen molar-refractivity contribution in [3.05, 3.63) is 44.5 Å². The van der Waals surface area contributed by atoms with Crippen molar-refractivity contribution in [2.75, 3.05) is 7.11 Å². The van der Waals surface area contributed by atoms with Crippen LogP contribution < -0.4 is 0 Å². The van der Waals surface area contributed by atoms with Gasteiger partial charge in [0.25, 0.3) is 5.69 Å². The Labute approximate surface area is 107 Å². The number of hydrogen-bond donors (Lipinski definition) is 0. The topological polar surface area (TPSA) is 93.2 Å². The van der Waals surface area contributed by atoms with E-state index in [-0.39, 0.29) is 16.3 Å². The summed E-state index contributed by atoms with van der Waals surface area (Å²) in [5, 5.41) is 19.4. The number of nitro groups is 1. The zero-order chi connectivity index (χ0) is 13.7. The zero-order valence-electron chi connectivity index (χ0n) is 9.21. The smallest absolute Gasteiger partial charge is 0.348 e. The number of rotatable bonds is 3. The summed E-state index contributed by atoms with van der Waals surface area (Å²) in [6.45, 7) is 0. The number of carbonyl (C=O) groups is 1. The van der Waals surface area contributed by atoms with E-state index >= 15 is 0 Å². The van der Waals surface area contributed by atoms with Gasteiger partial charge >= 0.3 is 5.97 Å². The van der Waals surface area contributed by atoms with Crippen molar-refractivity contribution in [2.45, 2.75) is 0 Å². The summed E-state index contributed by atoms with van der Waals surface area (Å²) in [6.07, 6.45) is 1.19. The highest BCUT2D eigenvalue weighted by molar-refractivity contribution is 6.32. The lowest BCUT2D eigenvalue weighted by molar-refractivity contribution is -0.384. The van der Waals surface area contributed by atoms with Gasteiger partial charge in [-0.25, -0.2) is 4.79 Å². The molecule has 0 saturated heterocycles. The van der Waals surface area contributed by atoms with Gasteiger partial charge in [-0.2, -0.15) is 5.26 Å². The normalized spacial score (nSPS) is 10.6. The average molecular weight is 267 g/mol. The van der Waals surface area contributed by atoms with Crippen LogP contribution in [-0.4, -0.2) is 18.0 Å². The van der Waals surface area contributed by atoms with Gasteiger partial charge in [-0.05, 0) is 17.7 Å². The molecule has 1 rings (SSSR count). The predicted molar refractivity (Wildman–Crippen MR) is 63.7 cm³/mol. The molecule has 0 radical (unpaired) electrons. The molecular formula is C11H7ClN2O4. The minimum absolute atomic E-state index is 0.0197. The molecule has 0 heterocycles. The molecule has 0 bridgehead atoms. The second-order valence-electron chi connectivity index (χ2n) is 3.13. The maximum atomic E-state index is 11.2. The third kappa shape index (κ3) is 3.06. The third-order valence-electron chi connectivity index (χ3n) is 2.00. The first-order valence-corrected chi connectivity index (χ1v) is 5.01. The van der Waals surface area contributed by atoms with Crippen LogP contribution in [0.4, 0.5) is 5.69 Å². The van der Waals surface area contributed by atoms with Crippen molar-refractivity contribution in [2.24, 2.45) is 0 Å². The van der Waals surface area contributed by atoms with Gasteiger partial charge in [0.1, 0.15) is 16.7 Å². The van der Waals surface area contributed by atoms with E-state index in [2.05, 4.69) is 4.74 Å². The molecule has 6 nitrogen and oxygen atoms in total. The van der Waals surface area contributed by atoms with Crippen LogP contribution in [0.2, 0.25) is 5.02 Å². The SMILES string of the molecule is COC(=O)/C(C#N)=C\c1ccc(Cl)c([N+](=O)[O-])c1. The highest BCUT2D eigenvalue weighted by Gasteiger charge is 2.14. The molecule has 0 aliphatic carbocycles. The molecular weight excluding hydrogens is 260 g/mol. The first-order valence-electron chi connectivity index (χ1n) is 4.63. The van der Waals surface area contributed by atoms with E-state index in [1.807, 2.05) is 0 Å². The molecule has 0 unspecified atom stereocenters. The zero-order valence-corrected chi connectivity index (χ0v) is 9.97. The van der Waals surface area contributed by atoms with E-state index in [9.17, 15) is 14.9 Å². The number of methoxy groups -OCH3 is 1. The maximum Gasteiger partial charge on any atom is 0.348 e. The number of halogens is 1. The van der Waals surface area contributed by atoms with Crippen LogP contribution in [0, 0.1) is 21.4 Å². The summed E-state index contributed by atoms with van der Waals surface area (Å²) < 4.78 is 4.39. The fourth-order valence-corrected chi connectivity index (χ4v) is 1.36. The molecule has 0 amide bonds. The Morgan fingerprint density at radius 1 is 1.61 bits per heavy atom. The number of benzene rings is 1. The van der Waals surface area contributed by atoms with Gasteiger partial charge in [-0.1, -0.05) is 17.7 Å². The molecule has 0 aromatic heterocycles. The monoisotopic (exact) mass is 266 g/mol. The Hall–Kier alpha value is -2.39. The minimum Gasteiger partial charge on any atom is -0.465 e. The van der Waals surface area contributed by atoms with E-state index in [1.165, 1.54) is 24.3 Å². The Morgan fingerprint density at radius 2 is 2.28 bits per heavy atom. The number of ether oxygens (including phenoxy) is 1. The first kappa shape index (κ1) is 13.7. The lowest BCUT2D eigenvalue weighted by atomic mass is 10.1. The van der Waals surface area contributed by atoms with Gasteiger partial charge in [0.15, 0.2) is 0 Å². The largest absolute Gasteiger partial charge is 0.465 e. The summed E-state index contributed by atoms with van der Waals surface area (Å²) >= 11 is 5.63. The van der Waals surface area contributed by atoms with Crippen molar-refractivity contribution in [1.82, 2.24) is 0 Å². The quantitative estimate of drug-likeness (QED) is 0.275. The van der Waals surface area contributed by atoms with Crippen molar-refractivity contribution in [3.63, 3.8) is 0 Å². The molecule has 0 spiro atoms. The molecule has 0 saturated carbocycles. The maximum absolute atomic E-state index is 11.2. The molecule has 18 heavy (non-hydrogen) atoms. The van der Waals surface area contributed by atoms with Crippen LogP contribution in [0.15, 0.2) is 23.8 Å². The van der Waals surface area contributed by atoms with E-state index in [0.29, 0.717) is 5.56 Å². The van der Waals surface area contributed by atoms with Crippen LogP contribution in [0.25, 0.3) is 6.08 Å². The van der Waals surface area contributed by atoms with Crippen molar-refractivity contribution >= 4 is 29.3 Å². The van der Waals surface area contributed by atoms with Gasteiger partial charge in [-0.3, -0.25) is 10.1 Å². The van der Waals surface area contributed by atoms with E-state index in [4.69, 9.17) is 16.9 Å². The van der Waals surface area contributed by atoms with E-state index < -0.39 is 10.9 Å². The summed E-state index contributed by atoms with van der Waals surface area (Å²) in [5.41, 5.74) is -0.241. The number of nitrogens with zero attached hydrogens (tertiary/aromatic N) is 2. The standard InChI is InChI=1S/C11H7ClN2O4/c1-18-11(15)8(6-13)4-7-2-3-9(12)10(5-7)14(16)17/h2-5H,1H3/b8-4-. The molecule has 0 fully saturated rings. The molecule has 0 atom stereocenters. The molecule has 0 N–H and O–H groups in total. The Balaban J connectivity index is 3.23. The van der Waals surface area contributed by atoms with Crippen LogP contribution in [0.3, 0.4) is 0 Å². The summed E-state index contributed by atoms with van der Waals surface area (Å²) in [4.78, 5) is 21.2. The first-order chi connectivity index (χ1) is 8.49. The molecule has 7 heteroatoms. The van der Waals surface area contributed by atoms with Crippen LogP contribution in [0.5, 0.6) is 0 Å². The molecule has 0 aliphatic rings. The summed E-state index contributed by atoms with van der Waals surface area (Å²) in [5.74, 6) is -0.810. The average Bonchev–Trinajstić information content (AvgIpc) is 2.36. The number of hydrogen-bond acceptors (Lipinski definition) is 5. The van der Waals surface area contributed by atoms with Crippen molar-refractivity contribution in [1.29, 1.82) is 5.26 Å². The number of nitriles is 1. The predicted octanol–water partition coefficient (Wildman–Crippen LogP) is 2.33. The second-order valence-corrected chi connectivity index (χ2v) is 3.54. The Bertz CT molecular complexity index is 575. The number of nitro benzene ring substituents is 1. The summed E-state index contributed by atoms with van der Waals surface area (Å²) in [7, 11) is 1.14. The minimum atomic E-state index is -0.810. The third-order valence-corrected chi connectivity index (χ3v) is 2.32. The second kappa shape index (κ2) is 5.80. The van der Waals surface area contributed by atoms with Gasteiger partial charge in [0.05, 0.1) is 12.0 Å². The van der Waals surface area contributed by atoms with Crippen LogP contribution >= 0.6 is 11.6 Å². The lowest BCUT2D eigenvalue weighted by Crippen LogP contribution is -2.02. The molecule has 0 aliphatic heterocycles. The summed E-state index contributed by atoms with van der Waals surface area (Å²) in [6, 6.07) is 5.59. The van der Waals surface area contributed by atoms with E-state index in [0.717, 1.165) is 7.11 Å². The fraction of sp³-hybridized carbons (Fsp3) is 0.0909. The van der Waals surface area contributed by atoms with Gasteiger partial charge in [-0.15, -0.1) is 0 Å². The van der Waals surface area contributed by atoms with Crippen molar-refractivity contribution in [3.8, 4) is 6.07 Å². The Morgan fingerprint density at radius 3 is 2.78 bits per heavy atom. The van der Waals surface area contributed by atoms with Crippen LogP contribution in [-0.2, 0) is 9.53 Å². The van der Waals surface area contributed by atoms with Crippen molar-refractivity contribution < 1.29 is 14.5 Å². The van der Waals surface area contributed by atoms with Crippen LogP contribution in [0.1, 0.15) is 5.56 Å². The highest BCUT2D eigenvalue weighted by atomic mass is 35.5. The fourth-order valence-electron chi connectivity index (χ4n) is 1.17.